The second-order valence-corrected chi connectivity index (χ2v) is 3.81. The Kier molecular flexibility index (Phi) is 4.30. The highest BCUT2D eigenvalue weighted by Crippen LogP contribution is 2.19. The molecule has 0 spiro atoms. The van der Waals surface area contributed by atoms with Crippen molar-refractivity contribution in [2.24, 2.45) is 0 Å². The Labute approximate surface area is 110 Å². The molecule has 0 fully saturated rings. The van der Waals surface area contributed by atoms with Gasteiger partial charge in [0.25, 0.3) is 0 Å². The van der Waals surface area contributed by atoms with Crippen LogP contribution in [0, 0.1) is 0 Å². The highest BCUT2D eigenvalue weighted by Gasteiger charge is 2.02. The third-order valence-electron chi connectivity index (χ3n) is 2.44. The SMILES string of the molecule is OB(O)O.c1ccc(-c2nc3ccccc3[nH]2)cc1. The maximum Gasteiger partial charge on any atom is 0.631 e. The lowest BCUT2D eigenvalue weighted by Crippen LogP contribution is -2.07. The Morgan fingerprint density at radius 1 is 0.842 bits per heavy atom. The van der Waals surface area contributed by atoms with Crippen LogP contribution in [0.3, 0.4) is 0 Å². The number of H-pyrrole nitrogens is 1. The molecular weight excluding hydrogens is 243 g/mol. The van der Waals surface area contributed by atoms with E-state index in [0.29, 0.717) is 0 Å². The second-order valence-electron chi connectivity index (χ2n) is 3.81. The van der Waals surface area contributed by atoms with Gasteiger partial charge < -0.3 is 20.1 Å². The first-order valence-corrected chi connectivity index (χ1v) is 5.71. The molecule has 5 nitrogen and oxygen atoms in total. The zero-order valence-corrected chi connectivity index (χ0v) is 10.1. The number of aromatic amines is 1. The predicted molar refractivity (Wildman–Crippen MR) is 73.9 cm³/mol. The summed E-state index contributed by atoms with van der Waals surface area (Å²) in [5.74, 6) is 0.928. The second kappa shape index (κ2) is 6.15. The van der Waals surface area contributed by atoms with Gasteiger partial charge in [0.05, 0.1) is 11.0 Å². The summed E-state index contributed by atoms with van der Waals surface area (Å²) < 4.78 is 0. The molecule has 19 heavy (non-hydrogen) atoms. The largest absolute Gasteiger partial charge is 0.631 e. The van der Waals surface area contributed by atoms with Crippen LogP contribution in [0.5, 0.6) is 0 Å². The van der Waals surface area contributed by atoms with Crippen molar-refractivity contribution < 1.29 is 15.1 Å². The molecule has 1 aromatic heterocycles. The monoisotopic (exact) mass is 256 g/mol. The average Bonchev–Trinajstić information content (AvgIpc) is 2.83. The highest BCUT2D eigenvalue weighted by atomic mass is 16.5. The molecule has 0 bridgehead atoms. The minimum Gasteiger partial charge on any atom is -0.402 e. The van der Waals surface area contributed by atoms with Crippen molar-refractivity contribution in [2.45, 2.75) is 0 Å². The molecule has 0 saturated carbocycles. The van der Waals surface area contributed by atoms with E-state index >= 15 is 0 Å². The summed E-state index contributed by atoms with van der Waals surface area (Å²) in [6, 6.07) is 18.2. The van der Waals surface area contributed by atoms with E-state index in [9.17, 15) is 0 Å². The first-order valence-electron chi connectivity index (χ1n) is 5.71. The summed E-state index contributed by atoms with van der Waals surface area (Å²) in [6.07, 6.45) is 0. The molecule has 4 N–H and O–H groups in total. The van der Waals surface area contributed by atoms with Gasteiger partial charge >= 0.3 is 7.32 Å². The van der Waals surface area contributed by atoms with E-state index in [-0.39, 0.29) is 0 Å². The van der Waals surface area contributed by atoms with Crippen LogP contribution in [0.15, 0.2) is 54.6 Å². The molecule has 0 atom stereocenters. The zero-order valence-electron chi connectivity index (χ0n) is 10.1. The molecule has 96 valence electrons. The molecule has 0 unspecified atom stereocenters. The number of para-hydroxylation sites is 2. The number of hydrogen-bond acceptors (Lipinski definition) is 4. The van der Waals surface area contributed by atoms with Crippen molar-refractivity contribution in [1.82, 2.24) is 9.97 Å². The Hall–Kier alpha value is -2.15. The Balaban J connectivity index is 0.000000297. The van der Waals surface area contributed by atoms with Crippen LogP contribution in [0.2, 0.25) is 0 Å². The molecule has 3 rings (SSSR count). The van der Waals surface area contributed by atoms with Gasteiger partial charge in [0.15, 0.2) is 0 Å². The minimum atomic E-state index is -2.17. The van der Waals surface area contributed by atoms with Gasteiger partial charge in [-0.2, -0.15) is 0 Å². The average molecular weight is 256 g/mol. The van der Waals surface area contributed by atoms with Gasteiger partial charge in [-0.3, -0.25) is 0 Å². The van der Waals surface area contributed by atoms with Crippen molar-refractivity contribution in [1.29, 1.82) is 0 Å². The van der Waals surface area contributed by atoms with E-state index < -0.39 is 7.32 Å². The smallest absolute Gasteiger partial charge is 0.402 e. The molecule has 0 saturated heterocycles. The number of aromatic nitrogens is 2. The van der Waals surface area contributed by atoms with Crippen LogP contribution in [-0.2, 0) is 0 Å². The molecule has 2 aromatic carbocycles. The number of nitrogens with zero attached hydrogens (tertiary/aromatic N) is 1. The summed E-state index contributed by atoms with van der Waals surface area (Å²) >= 11 is 0. The lowest BCUT2D eigenvalue weighted by atomic mass is 10.2. The molecular formula is C13H13BN2O3. The van der Waals surface area contributed by atoms with E-state index in [1.165, 1.54) is 0 Å². The fourth-order valence-corrected chi connectivity index (χ4v) is 1.69. The van der Waals surface area contributed by atoms with E-state index in [2.05, 4.69) is 22.1 Å². The van der Waals surface area contributed by atoms with Crippen LogP contribution in [0.1, 0.15) is 0 Å². The highest BCUT2D eigenvalue weighted by molar-refractivity contribution is 6.30. The molecule has 0 aliphatic rings. The van der Waals surface area contributed by atoms with Crippen molar-refractivity contribution in [2.75, 3.05) is 0 Å². The van der Waals surface area contributed by atoms with Gasteiger partial charge in [0.1, 0.15) is 5.82 Å². The van der Waals surface area contributed by atoms with Gasteiger partial charge in [-0.05, 0) is 12.1 Å². The first kappa shape index (κ1) is 13.3. The van der Waals surface area contributed by atoms with Gasteiger partial charge in [0.2, 0.25) is 0 Å². The maximum absolute atomic E-state index is 7.17. The Morgan fingerprint density at radius 3 is 2.05 bits per heavy atom. The summed E-state index contributed by atoms with van der Waals surface area (Å²) in [5.41, 5.74) is 3.21. The van der Waals surface area contributed by atoms with Crippen LogP contribution >= 0.6 is 0 Å². The molecule has 0 aliphatic carbocycles. The summed E-state index contributed by atoms with van der Waals surface area (Å²) in [5, 5.41) is 21.5. The predicted octanol–water partition coefficient (Wildman–Crippen LogP) is 1.18. The van der Waals surface area contributed by atoms with E-state index in [1.807, 2.05) is 42.5 Å². The summed E-state index contributed by atoms with van der Waals surface area (Å²) in [7, 11) is -2.17. The first-order chi connectivity index (χ1) is 9.16. The van der Waals surface area contributed by atoms with Crippen LogP contribution < -0.4 is 0 Å². The zero-order chi connectivity index (χ0) is 13.7. The van der Waals surface area contributed by atoms with Crippen LogP contribution in [-0.4, -0.2) is 32.4 Å². The van der Waals surface area contributed by atoms with E-state index in [0.717, 1.165) is 22.4 Å². The number of nitrogens with one attached hydrogen (secondary N) is 1. The molecule has 6 heteroatoms. The Morgan fingerprint density at radius 2 is 1.42 bits per heavy atom. The van der Waals surface area contributed by atoms with Crippen molar-refractivity contribution in [3.05, 3.63) is 54.6 Å². The van der Waals surface area contributed by atoms with Crippen molar-refractivity contribution in [3.63, 3.8) is 0 Å². The number of hydrogen-bond donors (Lipinski definition) is 4. The third-order valence-corrected chi connectivity index (χ3v) is 2.44. The molecule has 0 radical (unpaired) electrons. The molecule has 0 aliphatic heterocycles. The van der Waals surface area contributed by atoms with Crippen LogP contribution in [0.4, 0.5) is 0 Å². The maximum atomic E-state index is 7.17. The number of rotatable bonds is 1. The summed E-state index contributed by atoms with van der Waals surface area (Å²) in [6.45, 7) is 0. The topological polar surface area (TPSA) is 89.4 Å². The molecule has 0 amide bonds. The van der Waals surface area contributed by atoms with Gasteiger partial charge in [-0.1, -0.05) is 42.5 Å². The van der Waals surface area contributed by atoms with Gasteiger partial charge in [-0.25, -0.2) is 4.98 Å². The lowest BCUT2D eigenvalue weighted by Gasteiger charge is -1.93. The van der Waals surface area contributed by atoms with Crippen molar-refractivity contribution >= 4 is 18.4 Å². The minimum absolute atomic E-state index is 0.928. The normalized spacial score (nSPS) is 9.84. The van der Waals surface area contributed by atoms with Gasteiger partial charge in [-0.15, -0.1) is 0 Å². The molecule has 3 aromatic rings. The Bertz CT molecular complexity index is 605. The number of imidazole rings is 1. The number of fused-ring (bicyclic) bond motifs is 1. The fraction of sp³-hybridized carbons (Fsp3) is 0. The van der Waals surface area contributed by atoms with Crippen LogP contribution in [0.25, 0.3) is 22.4 Å². The summed E-state index contributed by atoms with van der Waals surface area (Å²) in [4.78, 5) is 7.83. The fourth-order valence-electron chi connectivity index (χ4n) is 1.69. The quantitative estimate of drug-likeness (QED) is 0.492. The third kappa shape index (κ3) is 3.66. The van der Waals surface area contributed by atoms with Crippen molar-refractivity contribution in [3.8, 4) is 11.4 Å². The van der Waals surface area contributed by atoms with E-state index in [4.69, 9.17) is 15.1 Å². The standard InChI is InChI=1S/C13H10N2.BH3O3/c1-2-6-10(7-3-1)13-14-11-8-4-5-9-12(11)15-13;2-1(3)4/h1-9H,(H,14,15);2-4H. The number of benzene rings is 2. The van der Waals surface area contributed by atoms with Gasteiger partial charge in [0, 0.05) is 5.56 Å². The molecule has 1 heterocycles. The van der Waals surface area contributed by atoms with E-state index in [1.54, 1.807) is 0 Å². The lowest BCUT2D eigenvalue weighted by molar-refractivity contribution is 0.278.